The van der Waals surface area contributed by atoms with E-state index in [1.807, 2.05) is 40.9 Å². The van der Waals surface area contributed by atoms with Crippen LogP contribution in [0.3, 0.4) is 0 Å². The van der Waals surface area contributed by atoms with Crippen molar-refractivity contribution in [3.8, 4) is 0 Å². The average molecular weight is 486 g/mol. The molecule has 36 heavy (non-hydrogen) atoms. The van der Waals surface area contributed by atoms with E-state index in [9.17, 15) is 9.59 Å². The molecule has 2 aliphatic heterocycles. The number of carbonyl (C=O) groups is 2. The predicted molar refractivity (Wildman–Crippen MR) is 140 cm³/mol. The van der Waals surface area contributed by atoms with Gasteiger partial charge in [0, 0.05) is 69.6 Å². The number of aromatic nitrogens is 2. The van der Waals surface area contributed by atoms with Gasteiger partial charge in [0.15, 0.2) is 5.69 Å². The highest BCUT2D eigenvalue weighted by atomic mass is 16.2. The molecule has 3 aromatic rings. The summed E-state index contributed by atoms with van der Waals surface area (Å²) < 4.78 is 1.89. The highest BCUT2D eigenvalue weighted by Crippen LogP contribution is 2.25. The lowest BCUT2D eigenvalue weighted by Gasteiger charge is -2.28. The van der Waals surface area contributed by atoms with Gasteiger partial charge in [-0.1, -0.05) is 30.3 Å². The first-order chi connectivity index (χ1) is 17.4. The third-order valence-electron chi connectivity index (χ3n) is 7.56. The zero-order chi connectivity index (χ0) is 25.2. The molecule has 2 amide bonds. The second-order valence-corrected chi connectivity index (χ2v) is 10.2. The number of aryl methyl sites for hydroxylation is 3. The molecule has 0 aliphatic carbocycles. The van der Waals surface area contributed by atoms with E-state index in [0.29, 0.717) is 17.8 Å². The number of benzene rings is 2. The number of rotatable bonds is 6. The van der Waals surface area contributed by atoms with Crippen LogP contribution in [-0.4, -0.2) is 51.0 Å². The van der Waals surface area contributed by atoms with E-state index in [1.54, 1.807) is 0 Å². The lowest BCUT2D eigenvalue weighted by molar-refractivity contribution is 0.0783. The van der Waals surface area contributed by atoms with Gasteiger partial charge in [-0.15, -0.1) is 0 Å². The number of carbonyl (C=O) groups excluding carboxylic acids is 2. The predicted octanol–water partition coefficient (Wildman–Crippen LogP) is 3.76. The Labute approximate surface area is 213 Å². The number of hydrogen-bond acceptors (Lipinski definition) is 4. The van der Waals surface area contributed by atoms with Gasteiger partial charge < -0.3 is 10.2 Å². The molecule has 7 heteroatoms. The molecular weight excluding hydrogens is 450 g/mol. The Kier molecular flexibility index (Phi) is 6.92. The van der Waals surface area contributed by atoms with E-state index >= 15 is 0 Å². The normalized spacial score (nSPS) is 15.7. The summed E-state index contributed by atoms with van der Waals surface area (Å²) >= 11 is 0. The largest absolute Gasteiger partial charge is 0.348 e. The summed E-state index contributed by atoms with van der Waals surface area (Å²) in [6.07, 6.45) is 3.03. The summed E-state index contributed by atoms with van der Waals surface area (Å²) in [7, 11) is 1.94. The van der Waals surface area contributed by atoms with Crippen LogP contribution in [0, 0.1) is 13.8 Å². The molecule has 1 aromatic heterocycles. The first-order valence-electron chi connectivity index (χ1n) is 12.9. The third-order valence-corrected chi connectivity index (χ3v) is 7.56. The Hall–Kier alpha value is -3.45. The van der Waals surface area contributed by atoms with Gasteiger partial charge in [-0.25, -0.2) is 0 Å². The van der Waals surface area contributed by atoms with Crippen LogP contribution in [0.4, 0.5) is 0 Å². The topological polar surface area (TPSA) is 70.5 Å². The number of likely N-dealkylation sites (tertiary alicyclic amines) is 1. The maximum Gasteiger partial charge on any atom is 0.274 e. The van der Waals surface area contributed by atoms with Crippen LogP contribution >= 0.6 is 0 Å². The Balaban J connectivity index is 1.20. The number of amides is 2. The summed E-state index contributed by atoms with van der Waals surface area (Å²) in [5.41, 5.74) is 8.26. The molecule has 3 heterocycles. The number of nitrogens with zero attached hydrogens (tertiary/aromatic N) is 4. The van der Waals surface area contributed by atoms with Gasteiger partial charge in [0.1, 0.15) is 0 Å². The molecule has 1 saturated heterocycles. The van der Waals surface area contributed by atoms with Crippen molar-refractivity contribution in [1.82, 2.24) is 24.9 Å². The molecule has 188 valence electrons. The standard InChI is InChI=1S/C29H35N5O2/c1-20-6-7-23(16-21(20)2)17-30-28(35)24-10-8-22(9-11-24)18-33-15-12-26-25(19-33)27(31-32(26)3)29(36)34-13-4-5-14-34/h6-11,16H,4-5,12-15,17-19H2,1-3H3,(H,30,35). The zero-order valence-electron chi connectivity index (χ0n) is 21.5. The van der Waals surface area contributed by atoms with Crippen LogP contribution in [-0.2, 0) is 33.1 Å². The fourth-order valence-corrected chi connectivity index (χ4v) is 5.24. The molecule has 0 unspecified atom stereocenters. The molecule has 7 nitrogen and oxygen atoms in total. The Bertz CT molecular complexity index is 1270. The van der Waals surface area contributed by atoms with Crippen molar-refractivity contribution < 1.29 is 9.59 Å². The molecule has 0 atom stereocenters. The zero-order valence-corrected chi connectivity index (χ0v) is 21.5. The maximum atomic E-state index is 13.1. The smallest absolute Gasteiger partial charge is 0.274 e. The van der Waals surface area contributed by atoms with Crippen molar-refractivity contribution in [2.45, 2.75) is 52.7 Å². The van der Waals surface area contributed by atoms with Crippen molar-refractivity contribution in [3.05, 3.63) is 87.2 Å². The minimum atomic E-state index is -0.0668. The maximum absolute atomic E-state index is 13.1. The third kappa shape index (κ3) is 5.07. The van der Waals surface area contributed by atoms with Crippen molar-refractivity contribution in [2.75, 3.05) is 19.6 Å². The Morgan fingerprint density at radius 1 is 0.944 bits per heavy atom. The van der Waals surface area contributed by atoms with Crippen molar-refractivity contribution in [2.24, 2.45) is 7.05 Å². The van der Waals surface area contributed by atoms with Gasteiger partial charge in [0.2, 0.25) is 0 Å². The summed E-state index contributed by atoms with van der Waals surface area (Å²) in [5.74, 6) is 0.00480. The molecule has 0 bridgehead atoms. The van der Waals surface area contributed by atoms with E-state index in [4.69, 9.17) is 0 Å². The summed E-state index contributed by atoms with van der Waals surface area (Å²) in [5, 5.41) is 7.63. The van der Waals surface area contributed by atoms with Crippen molar-refractivity contribution in [1.29, 1.82) is 0 Å². The molecule has 0 radical (unpaired) electrons. The second-order valence-electron chi connectivity index (χ2n) is 10.2. The molecule has 1 N–H and O–H groups in total. The molecule has 0 spiro atoms. The summed E-state index contributed by atoms with van der Waals surface area (Å²) in [6.45, 7) is 8.77. The molecule has 5 rings (SSSR count). The van der Waals surface area contributed by atoms with Crippen molar-refractivity contribution in [3.63, 3.8) is 0 Å². The lowest BCUT2D eigenvalue weighted by atomic mass is 10.0. The quantitative estimate of drug-likeness (QED) is 0.577. The summed E-state index contributed by atoms with van der Waals surface area (Å²) in [6, 6.07) is 14.1. The van der Waals surface area contributed by atoms with E-state index in [-0.39, 0.29) is 11.8 Å². The van der Waals surface area contributed by atoms with Crippen LogP contribution in [0.2, 0.25) is 0 Å². The van der Waals surface area contributed by atoms with Gasteiger partial charge in [-0.2, -0.15) is 5.10 Å². The minimum absolute atomic E-state index is 0.0668. The lowest BCUT2D eigenvalue weighted by Crippen LogP contribution is -2.33. The molecular formula is C29H35N5O2. The SMILES string of the molecule is Cc1ccc(CNC(=O)c2ccc(CN3CCc4c(c(C(=O)N5CCCC5)nn4C)C3)cc2)cc1C. The molecule has 1 fully saturated rings. The van der Waals surface area contributed by atoms with Crippen LogP contribution < -0.4 is 5.32 Å². The fraction of sp³-hybridized carbons (Fsp3) is 0.414. The molecule has 0 saturated carbocycles. The molecule has 2 aliphatic rings. The number of nitrogens with one attached hydrogen (secondary N) is 1. The van der Waals surface area contributed by atoms with Crippen LogP contribution in [0.5, 0.6) is 0 Å². The van der Waals surface area contributed by atoms with E-state index < -0.39 is 0 Å². The van der Waals surface area contributed by atoms with Crippen LogP contribution in [0.15, 0.2) is 42.5 Å². The van der Waals surface area contributed by atoms with Gasteiger partial charge in [-0.3, -0.25) is 19.2 Å². The van der Waals surface area contributed by atoms with E-state index in [2.05, 4.69) is 47.4 Å². The van der Waals surface area contributed by atoms with Gasteiger partial charge >= 0.3 is 0 Å². The monoisotopic (exact) mass is 485 g/mol. The molecule has 2 aromatic carbocycles. The number of fused-ring (bicyclic) bond motifs is 1. The van der Waals surface area contributed by atoms with Gasteiger partial charge in [0.05, 0.1) is 0 Å². The highest BCUT2D eigenvalue weighted by Gasteiger charge is 2.30. The van der Waals surface area contributed by atoms with E-state index in [0.717, 1.165) is 68.7 Å². The first-order valence-corrected chi connectivity index (χ1v) is 12.9. The fourth-order valence-electron chi connectivity index (χ4n) is 5.24. The number of hydrogen-bond donors (Lipinski definition) is 1. The Morgan fingerprint density at radius 2 is 1.67 bits per heavy atom. The van der Waals surface area contributed by atoms with Gasteiger partial charge in [-0.05, 0) is 61.1 Å². The van der Waals surface area contributed by atoms with Gasteiger partial charge in [0.25, 0.3) is 11.8 Å². The van der Waals surface area contributed by atoms with Crippen molar-refractivity contribution >= 4 is 11.8 Å². The highest BCUT2D eigenvalue weighted by molar-refractivity contribution is 5.94. The van der Waals surface area contributed by atoms with E-state index in [1.165, 1.54) is 16.8 Å². The first kappa shape index (κ1) is 24.3. The van der Waals surface area contributed by atoms with Crippen LogP contribution in [0.1, 0.15) is 67.2 Å². The summed E-state index contributed by atoms with van der Waals surface area (Å²) in [4.78, 5) is 30.0. The minimum Gasteiger partial charge on any atom is -0.348 e. The van der Waals surface area contributed by atoms with Crippen LogP contribution in [0.25, 0.3) is 0 Å². The Morgan fingerprint density at radius 3 is 2.39 bits per heavy atom. The average Bonchev–Trinajstić information content (AvgIpc) is 3.53. The second kappa shape index (κ2) is 10.3.